The molecule has 1 aromatic rings. The van der Waals surface area contributed by atoms with Crippen molar-refractivity contribution in [2.45, 2.75) is 26.1 Å². The van der Waals surface area contributed by atoms with Crippen molar-refractivity contribution in [3.63, 3.8) is 0 Å². The zero-order valence-electron chi connectivity index (χ0n) is 9.55. The van der Waals surface area contributed by atoms with Gasteiger partial charge in [0.15, 0.2) is 0 Å². The summed E-state index contributed by atoms with van der Waals surface area (Å²) in [5, 5.41) is 0. The van der Waals surface area contributed by atoms with Gasteiger partial charge in [0, 0.05) is 5.92 Å². The van der Waals surface area contributed by atoms with Crippen LogP contribution in [0.4, 0.5) is 0 Å². The molecular weight excluding hydrogens is 204 g/mol. The minimum atomic E-state index is -0.269. The highest BCUT2D eigenvalue weighted by molar-refractivity contribution is 5.89. The molecule has 16 heavy (non-hydrogen) atoms. The molecule has 1 fully saturated rings. The second-order valence-corrected chi connectivity index (χ2v) is 4.25. The Hall–Kier alpha value is -1.35. The molecule has 0 bridgehead atoms. The third-order valence-corrected chi connectivity index (χ3v) is 2.90. The monoisotopic (exact) mass is 220 g/mol. The number of carbonyl (C=O) groups is 1. The third kappa shape index (κ3) is 2.25. The van der Waals surface area contributed by atoms with Gasteiger partial charge in [-0.15, -0.1) is 0 Å². The Balaban J connectivity index is 2.02. The largest absolute Gasteiger partial charge is 0.456 e. The van der Waals surface area contributed by atoms with Gasteiger partial charge in [0.1, 0.15) is 6.10 Å². The van der Waals surface area contributed by atoms with Gasteiger partial charge in [-0.05, 0) is 19.1 Å². The van der Waals surface area contributed by atoms with Crippen molar-refractivity contribution in [3.05, 3.63) is 35.9 Å². The normalized spacial score (nSPS) is 29.0. The van der Waals surface area contributed by atoms with Gasteiger partial charge in [-0.2, -0.15) is 0 Å². The van der Waals surface area contributed by atoms with Crippen molar-refractivity contribution in [3.8, 4) is 0 Å². The molecule has 1 aliphatic heterocycles. The molecule has 0 aromatic heterocycles. The van der Waals surface area contributed by atoms with Crippen LogP contribution >= 0.6 is 0 Å². The number of benzene rings is 1. The summed E-state index contributed by atoms with van der Waals surface area (Å²) < 4.78 is 10.9. The molecule has 0 spiro atoms. The topological polar surface area (TPSA) is 35.5 Å². The van der Waals surface area contributed by atoms with E-state index in [1.165, 1.54) is 0 Å². The molecule has 1 heterocycles. The van der Waals surface area contributed by atoms with E-state index in [0.717, 1.165) is 0 Å². The molecule has 86 valence electrons. The Labute approximate surface area is 95.4 Å². The number of carbonyl (C=O) groups excluding carboxylic acids is 1. The molecule has 0 saturated carbocycles. The summed E-state index contributed by atoms with van der Waals surface area (Å²) in [5.74, 6) is -0.00235. The first kappa shape index (κ1) is 11.1. The van der Waals surface area contributed by atoms with Crippen LogP contribution in [0.2, 0.25) is 0 Å². The lowest BCUT2D eigenvalue weighted by Gasteiger charge is -2.18. The van der Waals surface area contributed by atoms with Crippen molar-refractivity contribution in [2.24, 2.45) is 5.92 Å². The van der Waals surface area contributed by atoms with Crippen LogP contribution in [0.3, 0.4) is 0 Å². The smallest absolute Gasteiger partial charge is 0.338 e. The van der Waals surface area contributed by atoms with Crippen LogP contribution in [0.15, 0.2) is 30.3 Å². The first-order valence-electron chi connectivity index (χ1n) is 5.56. The SMILES string of the molecule is C[C@@H]1CO[C@@H](C)C1OC(=O)c1ccccc1. The van der Waals surface area contributed by atoms with Gasteiger partial charge in [0.25, 0.3) is 0 Å². The fraction of sp³-hybridized carbons (Fsp3) is 0.462. The fourth-order valence-electron chi connectivity index (χ4n) is 1.93. The molecule has 3 heteroatoms. The summed E-state index contributed by atoms with van der Waals surface area (Å²) in [6.07, 6.45) is -0.143. The average Bonchev–Trinajstić information content (AvgIpc) is 2.62. The zero-order valence-corrected chi connectivity index (χ0v) is 9.55. The first-order chi connectivity index (χ1) is 7.68. The molecule has 1 saturated heterocycles. The van der Waals surface area contributed by atoms with E-state index in [-0.39, 0.29) is 24.1 Å². The molecular formula is C13H16O3. The predicted molar refractivity (Wildman–Crippen MR) is 60.2 cm³/mol. The van der Waals surface area contributed by atoms with E-state index in [4.69, 9.17) is 9.47 Å². The highest BCUT2D eigenvalue weighted by Crippen LogP contribution is 2.23. The van der Waals surface area contributed by atoms with Gasteiger partial charge in [-0.1, -0.05) is 25.1 Å². The van der Waals surface area contributed by atoms with Gasteiger partial charge >= 0.3 is 5.97 Å². The van der Waals surface area contributed by atoms with Gasteiger partial charge < -0.3 is 9.47 Å². The van der Waals surface area contributed by atoms with Crippen LogP contribution in [0.25, 0.3) is 0 Å². The van der Waals surface area contributed by atoms with Crippen LogP contribution in [0.5, 0.6) is 0 Å². The standard InChI is InChI=1S/C13H16O3/c1-9-8-15-10(2)12(9)16-13(14)11-6-4-3-5-7-11/h3-7,9-10,12H,8H2,1-2H3/t9-,10+,12?/m1/s1. The van der Waals surface area contributed by atoms with Crippen LogP contribution in [0, 0.1) is 5.92 Å². The van der Waals surface area contributed by atoms with Gasteiger partial charge in [0.05, 0.1) is 18.3 Å². The Morgan fingerprint density at radius 1 is 1.31 bits per heavy atom. The Bertz CT molecular complexity index is 351. The summed E-state index contributed by atoms with van der Waals surface area (Å²) in [6, 6.07) is 9.05. The molecule has 0 N–H and O–H groups in total. The summed E-state index contributed by atoms with van der Waals surface area (Å²) >= 11 is 0. The summed E-state index contributed by atoms with van der Waals surface area (Å²) in [6.45, 7) is 4.63. The maximum absolute atomic E-state index is 11.8. The van der Waals surface area contributed by atoms with Crippen molar-refractivity contribution < 1.29 is 14.3 Å². The number of ether oxygens (including phenoxy) is 2. The van der Waals surface area contributed by atoms with Crippen LogP contribution < -0.4 is 0 Å². The van der Waals surface area contributed by atoms with E-state index in [1.54, 1.807) is 12.1 Å². The molecule has 0 amide bonds. The predicted octanol–water partition coefficient (Wildman–Crippen LogP) is 2.27. The Kier molecular flexibility index (Phi) is 3.25. The van der Waals surface area contributed by atoms with E-state index in [2.05, 4.69) is 0 Å². The number of hydrogen-bond donors (Lipinski definition) is 0. The van der Waals surface area contributed by atoms with E-state index in [0.29, 0.717) is 12.2 Å². The molecule has 1 aliphatic rings. The van der Waals surface area contributed by atoms with E-state index >= 15 is 0 Å². The molecule has 2 rings (SSSR count). The summed E-state index contributed by atoms with van der Waals surface area (Å²) in [4.78, 5) is 11.8. The Morgan fingerprint density at radius 3 is 2.56 bits per heavy atom. The molecule has 3 nitrogen and oxygen atoms in total. The first-order valence-corrected chi connectivity index (χ1v) is 5.56. The third-order valence-electron chi connectivity index (χ3n) is 2.90. The summed E-state index contributed by atoms with van der Waals surface area (Å²) in [7, 11) is 0. The lowest BCUT2D eigenvalue weighted by Crippen LogP contribution is -2.29. The number of rotatable bonds is 2. The minimum Gasteiger partial charge on any atom is -0.456 e. The van der Waals surface area contributed by atoms with Gasteiger partial charge in [-0.3, -0.25) is 0 Å². The van der Waals surface area contributed by atoms with Crippen LogP contribution in [-0.2, 0) is 9.47 Å². The quantitative estimate of drug-likeness (QED) is 0.717. The average molecular weight is 220 g/mol. The molecule has 1 unspecified atom stereocenters. The lowest BCUT2D eigenvalue weighted by molar-refractivity contribution is 0.00152. The van der Waals surface area contributed by atoms with Gasteiger partial charge in [-0.25, -0.2) is 4.79 Å². The molecule has 0 radical (unpaired) electrons. The number of esters is 1. The summed E-state index contributed by atoms with van der Waals surface area (Å²) in [5.41, 5.74) is 0.591. The molecule has 3 atom stereocenters. The highest BCUT2D eigenvalue weighted by Gasteiger charge is 2.34. The van der Waals surface area contributed by atoms with Crippen LogP contribution in [0.1, 0.15) is 24.2 Å². The second-order valence-electron chi connectivity index (χ2n) is 4.25. The zero-order chi connectivity index (χ0) is 11.5. The second kappa shape index (κ2) is 4.66. The van der Waals surface area contributed by atoms with E-state index < -0.39 is 0 Å². The van der Waals surface area contributed by atoms with E-state index in [9.17, 15) is 4.79 Å². The highest BCUT2D eigenvalue weighted by atomic mass is 16.6. The van der Waals surface area contributed by atoms with Gasteiger partial charge in [0.2, 0.25) is 0 Å². The maximum Gasteiger partial charge on any atom is 0.338 e. The maximum atomic E-state index is 11.8. The Morgan fingerprint density at radius 2 is 2.00 bits per heavy atom. The molecule has 0 aliphatic carbocycles. The van der Waals surface area contributed by atoms with Crippen molar-refractivity contribution in [2.75, 3.05) is 6.61 Å². The van der Waals surface area contributed by atoms with Crippen LogP contribution in [-0.4, -0.2) is 24.8 Å². The van der Waals surface area contributed by atoms with E-state index in [1.807, 2.05) is 32.0 Å². The van der Waals surface area contributed by atoms with Crippen molar-refractivity contribution >= 4 is 5.97 Å². The number of hydrogen-bond acceptors (Lipinski definition) is 3. The van der Waals surface area contributed by atoms with Crippen molar-refractivity contribution in [1.29, 1.82) is 0 Å². The minimum absolute atomic E-state index is 0.0114. The fourth-order valence-corrected chi connectivity index (χ4v) is 1.93. The lowest BCUT2D eigenvalue weighted by atomic mass is 10.1. The molecule has 1 aromatic carbocycles. The van der Waals surface area contributed by atoms with Crippen molar-refractivity contribution in [1.82, 2.24) is 0 Å².